The van der Waals surface area contributed by atoms with E-state index in [-0.39, 0.29) is 42.2 Å². The van der Waals surface area contributed by atoms with Crippen molar-refractivity contribution in [3.63, 3.8) is 0 Å². The van der Waals surface area contributed by atoms with Crippen LogP contribution in [0, 0.1) is 11.3 Å². The molecule has 7 rings (SSSR count). The molecule has 1 unspecified atom stereocenters. The Morgan fingerprint density at radius 2 is 1.32 bits per heavy atom. The Kier molecular flexibility index (Phi) is 26.6. The fourth-order valence-corrected chi connectivity index (χ4v) is 12.0. The topological polar surface area (TPSA) is 197 Å². The maximum atomic E-state index is 14.8. The molecule has 2 aliphatic heterocycles. The highest BCUT2D eigenvalue weighted by Gasteiger charge is 2.65. The average Bonchev–Trinajstić information content (AvgIpc) is 4.31. The highest BCUT2D eigenvalue weighted by atomic mass is 35.9. The van der Waals surface area contributed by atoms with Gasteiger partial charge in [0.15, 0.2) is 11.6 Å². The lowest BCUT2D eigenvalue weighted by atomic mass is 9.92. The van der Waals surface area contributed by atoms with Gasteiger partial charge in [0.2, 0.25) is 5.60 Å². The van der Waals surface area contributed by atoms with E-state index in [2.05, 4.69) is 27.6 Å². The third-order valence-electron chi connectivity index (χ3n) is 13.1. The molecule has 16 nitrogen and oxygen atoms in total. The van der Waals surface area contributed by atoms with Crippen molar-refractivity contribution in [2.24, 2.45) is 0 Å². The molecule has 2 aromatic heterocycles. The van der Waals surface area contributed by atoms with Gasteiger partial charge in [-0.2, -0.15) is 10.4 Å². The summed E-state index contributed by atoms with van der Waals surface area (Å²) >= 11 is 35.0. The van der Waals surface area contributed by atoms with Crippen molar-refractivity contribution in [1.82, 2.24) is 14.6 Å². The van der Waals surface area contributed by atoms with Crippen molar-refractivity contribution in [2.75, 3.05) is 32.2 Å². The molecule has 5 aromatic rings. The molecular formula is C55H71Cl6N5O11P2. The summed E-state index contributed by atoms with van der Waals surface area (Å²) in [5.41, 5.74) is 5.96. The number of anilines is 1. The molecule has 434 valence electrons. The van der Waals surface area contributed by atoms with Crippen LogP contribution in [0.1, 0.15) is 135 Å². The van der Waals surface area contributed by atoms with Crippen molar-refractivity contribution < 1.29 is 50.9 Å². The van der Waals surface area contributed by atoms with Crippen LogP contribution in [0.25, 0.3) is 5.52 Å². The summed E-state index contributed by atoms with van der Waals surface area (Å²) in [6, 6.07) is 23.9. The van der Waals surface area contributed by atoms with Crippen LogP contribution in [0.4, 0.5) is 5.82 Å². The van der Waals surface area contributed by atoms with Crippen LogP contribution in [0.2, 0.25) is 20.1 Å². The molecule has 2 fully saturated rings. The van der Waals surface area contributed by atoms with Crippen LogP contribution < -0.4 is 14.8 Å². The number of fused-ring (bicyclic) bond motifs is 2. The van der Waals surface area contributed by atoms with E-state index in [0.29, 0.717) is 32.9 Å². The highest BCUT2D eigenvalue weighted by molar-refractivity contribution is 8.05. The van der Waals surface area contributed by atoms with Gasteiger partial charge in [-0.25, -0.2) is 18.6 Å². The van der Waals surface area contributed by atoms with Crippen LogP contribution >= 0.6 is 82.8 Å². The Hall–Kier alpha value is -2.91. The monoisotopic (exact) mass is 1250 g/mol. The fraction of sp³-hybridized carbons (Fsp3) is 0.545. The molecule has 2 N–H and O–H groups in total. The van der Waals surface area contributed by atoms with Gasteiger partial charge in [-0.3, -0.25) is 9.05 Å². The van der Waals surface area contributed by atoms with E-state index in [4.69, 9.17) is 112 Å². The fourth-order valence-electron chi connectivity index (χ4n) is 9.12. The number of benzene rings is 3. The number of phosphoric acid groups is 1. The Labute approximate surface area is 494 Å². The lowest BCUT2D eigenvalue weighted by molar-refractivity contribution is -0.204. The molecule has 0 saturated carbocycles. The minimum Gasteiger partial charge on any atom is -0.421 e. The molecule has 0 aliphatic carbocycles. The van der Waals surface area contributed by atoms with E-state index in [0.717, 1.165) is 24.8 Å². The van der Waals surface area contributed by atoms with Gasteiger partial charge < -0.3 is 38.5 Å². The summed E-state index contributed by atoms with van der Waals surface area (Å²) in [4.78, 5) is 4.07. The number of rotatable bonds is 33. The number of phosphoric ester groups is 1. The van der Waals surface area contributed by atoms with Gasteiger partial charge in [-0.15, -0.1) is 0 Å². The second-order valence-corrected chi connectivity index (χ2v) is 27.2. The number of nitrogens with two attached hydrogens (primary N) is 1. The van der Waals surface area contributed by atoms with Crippen molar-refractivity contribution in [3.05, 3.63) is 117 Å². The van der Waals surface area contributed by atoms with E-state index in [1.807, 2.05) is 6.07 Å². The van der Waals surface area contributed by atoms with E-state index in [9.17, 15) is 14.4 Å². The lowest BCUT2D eigenvalue weighted by Crippen LogP contribution is -2.40. The summed E-state index contributed by atoms with van der Waals surface area (Å²) in [6.07, 6.45) is 14.7. The van der Waals surface area contributed by atoms with E-state index < -0.39 is 56.3 Å². The second-order valence-electron chi connectivity index (χ2n) is 19.7. The zero-order valence-corrected chi connectivity index (χ0v) is 51.1. The van der Waals surface area contributed by atoms with Gasteiger partial charge in [-0.1, -0.05) is 180 Å². The van der Waals surface area contributed by atoms with Gasteiger partial charge >= 0.3 is 13.9 Å². The molecule has 0 radical (unpaired) electrons. The number of unbranched alkanes of at least 4 members (excludes halogenated alkanes) is 15. The first-order chi connectivity index (χ1) is 37.9. The van der Waals surface area contributed by atoms with Gasteiger partial charge in [0, 0.05) is 29.1 Å². The molecule has 2 saturated heterocycles. The molecule has 0 bridgehead atoms. The SMILES string of the molecule is CCCCCCCCCCCCCCCCCCOC[C@H](COP(=O)(OC[C@H]1O[C@@](C#N)(c2ccc3c(N)ncnn23)[C@@H]2OC(C)(C)O[C@@H]21)Oc1ccccc1Cl)OCc1ccc(Cl)c(Cl)c1.O=P(Cl)(Cl)Oc1ccccc1Cl. The molecule has 79 heavy (non-hydrogen) atoms. The minimum atomic E-state index is -4.55. The minimum absolute atomic E-state index is 0.0654. The van der Waals surface area contributed by atoms with Crippen LogP contribution in [0.3, 0.4) is 0 Å². The number of aromatic nitrogens is 3. The number of halogens is 6. The zero-order chi connectivity index (χ0) is 56.9. The molecule has 24 heteroatoms. The van der Waals surface area contributed by atoms with Crippen molar-refractivity contribution >= 4 is 94.1 Å². The second kappa shape index (κ2) is 32.2. The summed E-state index contributed by atoms with van der Waals surface area (Å²) < 4.78 is 81.4. The van der Waals surface area contributed by atoms with Gasteiger partial charge in [0.1, 0.15) is 53.8 Å². The number of nitriles is 1. The molecule has 0 amide bonds. The molecule has 3 aromatic carbocycles. The average molecular weight is 1250 g/mol. The van der Waals surface area contributed by atoms with Crippen LogP contribution in [-0.2, 0) is 54.1 Å². The smallest absolute Gasteiger partial charge is 0.421 e. The molecule has 4 heterocycles. The standard InChI is InChI=1S/C49H67Cl3N5O9P.C6H4Cl3O2P/c1-4-5-6-7-8-9-10-11-12-13-14-15-16-17-18-21-28-59-31-37(60-30-36-24-25-38(50)40(52)29-36)32-61-67(58,66-42-23-20-19-22-39(42)51)62-33-43-45-46(65-48(2,3)64-45)49(34-53,63-43)44-27-26-41-47(54)55-35-56-57(41)44;7-5-3-1-2-4-6(5)11-12(8,9)10/h19-20,22-27,29,35,37,43,45-46H,4-18,21,28,30-33H2,1-3H3,(H2,54,55,56);1-4H/t37-,43-,45-,46-,49+,67?;/m1./s1. The predicted molar refractivity (Wildman–Crippen MR) is 312 cm³/mol. The van der Waals surface area contributed by atoms with Crippen molar-refractivity contribution in [3.8, 4) is 17.6 Å². The first kappa shape index (κ1) is 65.2. The number of para-hydroxylation sites is 2. The number of hydrogen-bond acceptors (Lipinski definition) is 15. The summed E-state index contributed by atoms with van der Waals surface area (Å²) in [6.45, 7) is 5.85. The summed E-state index contributed by atoms with van der Waals surface area (Å²) in [5, 5.41) is 16.5. The Balaban J connectivity index is 0.000000741. The number of ether oxygens (including phenoxy) is 5. The molecule has 2 aliphatic rings. The predicted octanol–water partition coefficient (Wildman–Crippen LogP) is 17.3. The van der Waals surface area contributed by atoms with E-state index >= 15 is 0 Å². The number of hydrogen-bond donors (Lipinski definition) is 1. The Morgan fingerprint density at radius 1 is 0.722 bits per heavy atom. The largest absolute Gasteiger partial charge is 0.530 e. The maximum absolute atomic E-state index is 14.8. The lowest BCUT2D eigenvalue weighted by Gasteiger charge is -2.29. The van der Waals surface area contributed by atoms with Crippen LogP contribution in [0.5, 0.6) is 11.5 Å². The summed E-state index contributed by atoms with van der Waals surface area (Å²) in [5.74, 6) is -0.615. The van der Waals surface area contributed by atoms with Gasteiger partial charge in [0.25, 0.3) is 0 Å². The summed E-state index contributed by atoms with van der Waals surface area (Å²) in [7, 11) is -4.55. The van der Waals surface area contributed by atoms with Crippen molar-refractivity contribution in [1.29, 1.82) is 5.26 Å². The maximum Gasteiger partial charge on any atom is 0.530 e. The van der Waals surface area contributed by atoms with E-state index in [1.165, 1.54) is 100 Å². The van der Waals surface area contributed by atoms with Crippen LogP contribution in [0.15, 0.2) is 85.2 Å². The number of nitrogen functional groups attached to an aromatic ring is 1. The molecule has 0 spiro atoms. The molecular weight excluding hydrogens is 1180 g/mol. The first-order valence-electron chi connectivity index (χ1n) is 26.8. The molecule has 6 atom stereocenters. The van der Waals surface area contributed by atoms with Crippen molar-refractivity contribution in [2.45, 2.75) is 166 Å². The first-order valence-corrected chi connectivity index (χ1v) is 33.2. The normalized spacial score (nSPS) is 19.8. The highest BCUT2D eigenvalue weighted by Crippen LogP contribution is 2.58. The van der Waals surface area contributed by atoms with E-state index in [1.54, 1.807) is 80.6 Å². The quantitative estimate of drug-likeness (QED) is 0.0307. The third kappa shape index (κ3) is 20.4. The third-order valence-corrected chi connectivity index (χ3v) is 16.6. The zero-order valence-electron chi connectivity index (χ0n) is 44.8. The van der Waals surface area contributed by atoms with Crippen LogP contribution in [-0.4, -0.2) is 71.2 Å². The Bertz CT molecular complexity index is 2830. The Morgan fingerprint density at radius 3 is 1.90 bits per heavy atom. The number of nitrogens with zero attached hydrogens (tertiary/aromatic N) is 4. The van der Waals surface area contributed by atoms with Gasteiger partial charge in [0.05, 0.1) is 52.2 Å². The van der Waals surface area contributed by atoms with Gasteiger partial charge in [-0.05, 0) is 74.4 Å².